The normalized spacial score (nSPS) is 15.9. The van der Waals surface area contributed by atoms with Crippen LogP contribution in [0.2, 0.25) is 0 Å². The number of anilines is 1. The number of aryl methyl sites for hydroxylation is 1. The maximum Gasteiger partial charge on any atom is 0.241 e. The molecule has 1 aromatic carbocycles. The highest BCUT2D eigenvalue weighted by Gasteiger charge is 2.23. The van der Waals surface area contributed by atoms with E-state index >= 15 is 0 Å². The number of amides is 1. The summed E-state index contributed by atoms with van der Waals surface area (Å²) < 4.78 is 4.33. The Kier molecular flexibility index (Phi) is 6.43. The fourth-order valence-electron chi connectivity index (χ4n) is 4.15. The van der Waals surface area contributed by atoms with Gasteiger partial charge in [-0.25, -0.2) is 9.97 Å². The molecule has 3 heterocycles. The number of benzene rings is 1. The van der Waals surface area contributed by atoms with Crippen LogP contribution >= 0.6 is 34.6 Å². The van der Waals surface area contributed by atoms with Gasteiger partial charge in [0.15, 0.2) is 0 Å². The molecule has 6 nitrogen and oxygen atoms in total. The third-order valence-electron chi connectivity index (χ3n) is 6.07. The van der Waals surface area contributed by atoms with Crippen LogP contribution in [0.5, 0.6) is 0 Å². The summed E-state index contributed by atoms with van der Waals surface area (Å²) >= 11 is 4.52. The van der Waals surface area contributed by atoms with Gasteiger partial charge in [-0.05, 0) is 53.3 Å². The molecular formula is C25H27N5OS3. The van der Waals surface area contributed by atoms with Crippen molar-refractivity contribution in [2.45, 2.75) is 57.4 Å². The number of thioether (sulfide) groups is 1. The Balaban J connectivity index is 1.25. The highest BCUT2D eigenvalue weighted by molar-refractivity contribution is 8.00. The summed E-state index contributed by atoms with van der Waals surface area (Å²) in [4.78, 5) is 28.6. The lowest BCUT2D eigenvalue weighted by atomic mass is 9.87. The van der Waals surface area contributed by atoms with Gasteiger partial charge in [0.1, 0.15) is 21.2 Å². The smallest absolute Gasteiger partial charge is 0.241 e. The Labute approximate surface area is 211 Å². The number of fused-ring (bicyclic) bond motifs is 3. The van der Waals surface area contributed by atoms with E-state index < -0.39 is 0 Å². The summed E-state index contributed by atoms with van der Waals surface area (Å²) in [5, 5.41) is 5.65. The van der Waals surface area contributed by atoms with Crippen molar-refractivity contribution in [1.29, 1.82) is 0 Å². The molecule has 0 saturated heterocycles. The second kappa shape index (κ2) is 9.36. The number of carbonyl (C=O) groups is 1. The second-order valence-electron chi connectivity index (χ2n) is 9.80. The number of hydrogen-bond acceptors (Lipinski definition) is 8. The van der Waals surface area contributed by atoms with Gasteiger partial charge in [0, 0.05) is 15.8 Å². The molecule has 34 heavy (non-hydrogen) atoms. The molecule has 0 unspecified atom stereocenters. The molecule has 0 fully saturated rings. The number of aromatic nitrogens is 4. The van der Waals surface area contributed by atoms with Crippen molar-refractivity contribution in [2.75, 3.05) is 11.1 Å². The molecule has 1 N–H and O–H groups in total. The first kappa shape index (κ1) is 23.4. The van der Waals surface area contributed by atoms with Crippen molar-refractivity contribution in [2.24, 2.45) is 5.92 Å². The van der Waals surface area contributed by atoms with Crippen LogP contribution in [0.15, 0.2) is 35.6 Å². The second-order valence-corrected chi connectivity index (χ2v) is 12.6. The van der Waals surface area contributed by atoms with Gasteiger partial charge >= 0.3 is 0 Å². The molecule has 0 spiro atoms. The molecule has 0 aliphatic heterocycles. The van der Waals surface area contributed by atoms with Crippen LogP contribution in [-0.2, 0) is 23.1 Å². The molecule has 0 bridgehead atoms. The summed E-state index contributed by atoms with van der Waals surface area (Å²) in [6.07, 6.45) is 4.96. The third kappa shape index (κ3) is 4.87. The Hall–Kier alpha value is -2.36. The van der Waals surface area contributed by atoms with Crippen molar-refractivity contribution in [3.05, 3.63) is 46.6 Å². The Morgan fingerprint density at radius 1 is 1.21 bits per heavy atom. The van der Waals surface area contributed by atoms with E-state index in [1.54, 1.807) is 17.7 Å². The maximum atomic E-state index is 12.6. The molecular weight excluding hydrogens is 483 g/mol. The van der Waals surface area contributed by atoms with Crippen LogP contribution in [0.25, 0.3) is 20.8 Å². The Bertz CT molecular complexity index is 1340. The molecule has 1 aliphatic carbocycles. The SMILES string of the molecule is C[C@H]1CCc2c(sc3ncnc(SCC(=O)Nc4nsc(-c5ccc(C(C)(C)C)cc5)n4)c23)C1. The van der Waals surface area contributed by atoms with Gasteiger partial charge in [-0.1, -0.05) is 63.7 Å². The van der Waals surface area contributed by atoms with E-state index in [2.05, 4.69) is 76.6 Å². The fraction of sp³-hybridized carbons (Fsp3) is 0.400. The van der Waals surface area contributed by atoms with Crippen molar-refractivity contribution in [1.82, 2.24) is 19.3 Å². The number of nitrogens with zero attached hydrogens (tertiary/aromatic N) is 4. The van der Waals surface area contributed by atoms with Crippen LogP contribution in [0.4, 0.5) is 5.95 Å². The predicted octanol–water partition coefficient (Wildman–Crippen LogP) is 6.36. The minimum atomic E-state index is -0.137. The van der Waals surface area contributed by atoms with Gasteiger partial charge in [0.2, 0.25) is 11.9 Å². The monoisotopic (exact) mass is 509 g/mol. The summed E-state index contributed by atoms with van der Waals surface area (Å²) in [6, 6.07) is 8.37. The van der Waals surface area contributed by atoms with Crippen LogP contribution in [0.1, 0.15) is 50.1 Å². The lowest BCUT2D eigenvalue weighted by molar-refractivity contribution is -0.113. The van der Waals surface area contributed by atoms with Gasteiger partial charge in [-0.2, -0.15) is 9.36 Å². The molecule has 9 heteroatoms. The highest BCUT2D eigenvalue weighted by Crippen LogP contribution is 2.40. The number of hydrogen-bond donors (Lipinski definition) is 1. The van der Waals surface area contributed by atoms with Crippen molar-refractivity contribution in [3.8, 4) is 10.6 Å². The van der Waals surface area contributed by atoms with Crippen molar-refractivity contribution >= 4 is 56.7 Å². The molecule has 5 rings (SSSR count). The Morgan fingerprint density at radius 3 is 2.76 bits per heavy atom. The minimum Gasteiger partial charge on any atom is -0.293 e. The van der Waals surface area contributed by atoms with E-state index in [1.165, 1.54) is 45.7 Å². The molecule has 1 aliphatic rings. The van der Waals surface area contributed by atoms with E-state index in [9.17, 15) is 4.79 Å². The van der Waals surface area contributed by atoms with Gasteiger partial charge in [-0.3, -0.25) is 10.1 Å². The standard InChI is InChI=1S/C25H27N5OS3/c1-14-5-10-17-18(11-14)33-23-20(17)22(26-13-27-23)32-12-19(31)28-24-29-21(34-30-24)15-6-8-16(9-7-15)25(2,3)4/h6-9,13-14H,5,10-12H2,1-4H3,(H,28,30,31)/t14-/m0/s1. The number of nitrogens with one attached hydrogen (secondary N) is 1. The van der Waals surface area contributed by atoms with E-state index in [4.69, 9.17) is 0 Å². The number of rotatable bonds is 5. The maximum absolute atomic E-state index is 12.6. The van der Waals surface area contributed by atoms with Gasteiger partial charge in [-0.15, -0.1) is 11.3 Å². The quantitative estimate of drug-likeness (QED) is 0.249. The zero-order valence-electron chi connectivity index (χ0n) is 19.7. The molecule has 0 radical (unpaired) electrons. The van der Waals surface area contributed by atoms with Crippen LogP contribution in [0.3, 0.4) is 0 Å². The molecule has 1 amide bonds. The summed E-state index contributed by atoms with van der Waals surface area (Å²) in [6.45, 7) is 8.88. The minimum absolute atomic E-state index is 0.104. The molecule has 1 atom stereocenters. The Morgan fingerprint density at radius 2 is 2.00 bits per heavy atom. The third-order valence-corrected chi connectivity index (χ3v) is 8.99. The number of thiophene rings is 1. The predicted molar refractivity (Wildman–Crippen MR) is 142 cm³/mol. The first-order chi connectivity index (χ1) is 16.3. The molecule has 0 saturated carbocycles. The lowest BCUT2D eigenvalue weighted by Gasteiger charge is -2.18. The average Bonchev–Trinajstić information content (AvgIpc) is 3.41. The summed E-state index contributed by atoms with van der Waals surface area (Å²) in [5.41, 5.74) is 3.75. The lowest BCUT2D eigenvalue weighted by Crippen LogP contribution is -2.15. The summed E-state index contributed by atoms with van der Waals surface area (Å²) in [7, 11) is 0. The van der Waals surface area contributed by atoms with Crippen molar-refractivity contribution in [3.63, 3.8) is 0 Å². The van der Waals surface area contributed by atoms with Crippen molar-refractivity contribution < 1.29 is 4.79 Å². The van der Waals surface area contributed by atoms with Crippen LogP contribution in [-0.4, -0.2) is 31.0 Å². The average molecular weight is 510 g/mol. The van der Waals surface area contributed by atoms with Gasteiger partial charge in [0.25, 0.3) is 0 Å². The largest absolute Gasteiger partial charge is 0.293 e. The summed E-state index contributed by atoms with van der Waals surface area (Å²) in [5.74, 6) is 1.17. The molecule has 176 valence electrons. The van der Waals surface area contributed by atoms with Crippen LogP contribution in [0, 0.1) is 5.92 Å². The fourth-order valence-corrected chi connectivity index (χ4v) is 7.02. The topological polar surface area (TPSA) is 80.7 Å². The molecule has 3 aromatic heterocycles. The van der Waals surface area contributed by atoms with E-state index in [1.807, 2.05) is 0 Å². The van der Waals surface area contributed by atoms with Crippen LogP contribution < -0.4 is 5.32 Å². The van der Waals surface area contributed by atoms with E-state index in [-0.39, 0.29) is 17.1 Å². The first-order valence-corrected chi connectivity index (χ1v) is 14.0. The zero-order chi connectivity index (χ0) is 23.9. The van der Waals surface area contributed by atoms with E-state index in [0.29, 0.717) is 11.9 Å². The molecule has 4 aromatic rings. The van der Waals surface area contributed by atoms with Gasteiger partial charge in [0.05, 0.1) is 5.75 Å². The highest BCUT2D eigenvalue weighted by atomic mass is 32.2. The van der Waals surface area contributed by atoms with Gasteiger partial charge < -0.3 is 0 Å². The first-order valence-electron chi connectivity index (χ1n) is 11.4. The zero-order valence-corrected chi connectivity index (χ0v) is 22.2. The number of carbonyl (C=O) groups excluding carboxylic acids is 1. The van der Waals surface area contributed by atoms with E-state index in [0.717, 1.165) is 38.7 Å².